The van der Waals surface area contributed by atoms with Gasteiger partial charge in [0.05, 0.1) is 26.5 Å². The van der Waals surface area contributed by atoms with Gasteiger partial charge in [0.2, 0.25) is 5.75 Å². The van der Waals surface area contributed by atoms with E-state index in [1.54, 1.807) is 31.2 Å². The lowest BCUT2D eigenvalue weighted by Crippen LogP contribution is -2.15. The van der Waals surface area contributed by atoms with Crippen LogP contribution in [0.3, 0.4) is 0 Å². The quantitative estimate of drug-likeness (QED) is 0.459. The Kier molecular flexibility index (Phi) is 6.42. The summed E-state index contributed by atoms with van der Waals surface area (Å²) >= 11 is 0. The van der Waals surface area contributed by atoms with E-state index in [1.807, 2.05) is 0 Å². The van der Waals surface area contributed by atoms with Crippen molar-refractivity contribution in [1.29, 1.82) is 0 Å². The molecule has 1 heterocycles. The smallest absolute Gasteiger partial charge is 0.493 e. The number of anilines is 1. The number of tetrazole rings is 1. The number of hydrogen-bond donors (Lipinski definition) is 1. The van der Waals surface area contributed by atoms with Gasteiger partial charge in [-0.05, 0) is 47.7 Å². The van der Waals surface area contributed by atoms with Crippen LogP contribution < -0.4 is 19.5 Å². The summed E-state index contributed by atoms with van der Waals surface area (Å²) in [5.74, 6) is -0.149. The molecule has 0 bridgehead atoms. The van der Waals surface area contributed by atoms with Crippen molar-refractivity contribution < 1.29 is 28.5 Å². The van der Waals surface area contributed by atoms with E-state index in [-0.39, 0.29) is 29.4 Å². The van der Waals surface area contributed by atoms with Crippen molar-refractivity contribution >= 4 is 17.7 Å². The molecule has 0 radical (unpaired) electrons. The van der Waals surface area contributed by atoms with Gasteiger partial charge in [-0.1, -0.05) is 6.07 Å². The fourth-order valence-corrected chi connectivity index (χ4v) is 2.55. The van der Waals surface area contributed by atoms with Crippen LogP contribution in [0.15, 0.2) is 42.7 Å². The maximum atomic E-state index is 12.8. The fourth-order valence-electron chi connectivity index (χ4n) is 2.55. The van der Waals surface area contributed by atoms with Gasteiger partial charge in [-0.25, -0.2) is 9.48 Å². The molecule has 0 saturated carbocycles. The number of methoxy groups -OCH3 is 2. The molecule has 2 aromatic carbocycles. The van der Waals surface area contributed by atoms with E-state index in [0.29, 0.717) is 11.4 Å². The van der Waals surface area contributed by atoms with Crippen molar-refractivity contribution in [3.8, 4) is 22.9 Å². The van der Waals surface area contributed by atoms with Crippen LogP contribution in [0, 0.1) is 0 Å². The molecule has 0 unspecified atom stereocenters. The van der Waals surface area contributed by atoms with Crippen LogP contribution in [0.25, 0.3) is 5.69 Å². The van der Waals surface area contributed by atoms with Gasteiger partial charge >= 0.3 is 6.16 Å². The van der Waals surface area contributed by atoms with Gasteiger partial charge in [-0.15, -0.1) is 5.10 Å². The summed E-state index contributed by atoms with van der Waals surface area (Å²) in [7, 11) is 2.76. The maximum Gasteiger partial charge on any atom is 0.514 e. The third-order valence-electron chi connectivity index (χ3n) is 3.89. The number of carbonyl (C=O) groups excluding carboxylic acids is 2. The van der Waals surface area contributed by atoms with Gasteiger partial charge in [0.15, 0.2) is 11.5 Å². The number of nitrogens with one attached hydrogen (secondary N) is 1. The molecule has 3 aromatic rings. The highest BCUT2D eigenvalue weighted by Gasteiger charge is 2.21. The maximum absolute atomic E-state index is 12.8. The standard InChI is InChI=1S/C19H19N5O6/c1-4-29-19(26)30-17-15(27-2)8-12(9-16(17)28-3)18(25)21-13-6-5-7-14(10-13)24-11-20-22-23-24/h5-11H,4H2,1-3H3,(H,21,25). The van der Waals surface area contributed by atoms with Crippen LogP contribution in [-0.2, 0) is 4.74 Å². The molecule has 0 atom stereocenters. The van der Waals surface area contributed by atoms with Crippen LogP contribution in [0.4, 0.5) is 10.5 Å². The molecule has 11 heteroatoms. The second kappa shape index (κ2) is 9.37. The number of carbonyl (C=O) groups is 2. The van der Waals surface area contributed by atoms with Gasteiger partial charge in [-0.3, -0.25) is 4.79 Å². The number of ether oxygens (including phenoxy) is 4. The summed E-state index contributed by atoms with van der Waals surface area (Å²) < 4.78 is 21.9. The minimum Gasteiger partial charge on any atom is -0.493 e. The molecule has 1 aromatic heterocycles. The Labute approximate surface area is 171 Å². The lowest BCUT2D eigenvalue weighted by Gasteiger charge is -2.15. The van der Waals surface area contributed by atoms with Crippen molar-refractivity contribution in [3.05, 3.63) is 48.3 Å². The van der Waals surface area contributed by atoms with E-state index in [1.165, 1.54) is 37.4 Å². The molecule has 30 heavy (non-hydrogen) atoms. The monoisotopic (exact) mass is 413 g/mol. The van der Waals surface area contributed by atoms with Crippen molar-refractivity contribution in [2.75, 3.05) is 26.1 Å². The first-order valence-corrected chi connectivity index (χ1v) is 8.81. The number of amides is 1. The van der Waals surface area contributed by atoms with Gasteiger partial charge in [0.25, 0.3) is 5.91 Å². The summed E-state index contributed by atoms with van der Waals surface area (Å²) in [6, 6.07) is 9.83. The van der Waals surface area contributed by atoms with Crippen molar-refractivity contribution in [1.82, 2.24) is 20.2 Å². The molecule has 3 rings (SSSR count). The van der Waals surface area contributed by atoms with Gasteiger partial charge < -0.3 is 24.3 Å². The third-order valence-corrected chi connectivity index (χ3v) is 3.89. The molecule has 0 fully saturated rings. The number of hydrogen-bond acceptors (Lipinski definition) is 9. The molecule has 0 spiro atoms. The zero-order chi connectivity index (χ0) is 21.5. The molecule has 0 saturated heterocycles. The number of aromatic nitrogens is 4. The third kappa shape index (κ3) is 4.63. The van der Waals surface area contributed by atoms with Gasteiger partial charge in [0, 0.05) is 11.3 Å². The van der Waals surface area contributed by atoms with E-state index < -0.39 is 12.1 Å². The van der Waals surface area contributed by atoms with Crippen LogP contribution in [-0.4, -0.2) is 53.1 Å². The van der Waals surface area contributed by atoms with Crippen molar-refractivity contribution in [2.24, 2.45) is 0 Å². The summed E-state index contributed by atoms with van der Waals surface area (Å²) in [6.07, 6.45) is 0.532. The minimum atomic E-state index is -0.911. The molecule has 0 aliphatic rings. The van der Waals surface area contributed by atoms with Crippen LogP contribution in [0.1, 0.15) is 17.3 Å². The summed E-state index contributed by atoms with van der Waals surface area (Å²) in [5, 5.41) is 13.8. The first-order valence-electron chi connectivity index (χ1n) is 8.81. The van der Waals surface area contributed by atoms with Crippen LogP contribution >= 0.6 is 0 Å². The lowest BCUT2D eigenvalue weighted by atomic mass is 10.1. The molecule has 0 aliphatic carbocycles. The SMILES string of the molecule is CCOC(=O)Oc1c(OC)cc(C(=O)Nc2cccc(-n3cnnn3)c2)cc1OC. The highest BCUT2D eigenvalue weighted by Crippen LogP contribution is 2.39. The van der Waals surface area contributed by atoms with E-state index >= 15 is 0 Å². The second-order valence-corrected chi connectivity index (χ2v) is 5.75. The number of rotatable bonds is 7. The fraction of sp³-hybridized carbons (Fsp3) is 0.211. The minimum absolute atomic E-state index is 0.00989. The zero-order valence-electron chi connectivity index (χ0n) is 16.5. The molecule has 0 aliphatic heterocycles. The lowest BCUT2D eigenvalue weighted by molar-refractivity contribution is 0.102. The van der Waals surface area contributed by atoms with Crippen molar-refractivity contribution in [2.45, 2.75) is 6.92 Å². The Morgan fingerprint density at radius 2 is 1.83 bits per heavy atom. The first-order chi connectivity index (χ1) is 14.5. The van der Waals surface area contributed by atoms with E-state index in [2.05, 4.69) is 20.8 Å². The normalized spacial score (nSPS) is 10.2. The molecular formula is C19H19N5O6. The summed E-state index contributed by atoms with van der Waals surface area (Å²) in [4.78, 5) is 24.5. The summed E-state index contributed by atoms with van der Waals surface area (Å²) in [6.45, 7) is 1.80. The zero-order valence-corrected chi connectivity index (χ0v) is 16.5. The average molecular weight is 413 g/mol. The first kappa shape index (κ1) is 20.6. The predicted molar refractivity (Wildman–Crippen MR) is 104 cm³/mol. The summed E-state index contributed by atoms with van der Waals surface area (Å²) in [5.41, 5.74) is 1.43. The molecule has 11 nitrogen and oxygen atoms in total. The molecule has 156 valence electrons. The van der Waals surface area contributed by atoms with Gasteiger partial charge in [-0.2, -0.15) is 0 Å². The predicted octanol–water partition coefficient (Wildman–Crippen LogP) is 2.47. The highest BCUT2D eigenvalue weighted by molar-refractivity contribution is 6.05. The average Bonchev–Trinajstić information content (AvgIpc) is 3.29. The molecular weight excluding hydrogens is 394 g/mol. The topological polar surface area (TPSA) is 127 Å². The van der Waals surface area contributed by atoms with E-state index in [0.717, 1.165) is 0 Å². The van der Waals surface area contributed by atoms with Crippen molar-refractivity contribution in [3.63, 3.8) is 0 Å². The largest absolute Gasteiger partial charge is 0.514 e. The Balaban J connectivity index is 1.85. The Bertz CT molecular complexity index is 1010. The number of nitrogens with zero attached hydrogens (tertiary/aromatic N) is 4. The molecule has 1 amide bonds. The highest BCUT2D eigenvalue weighted by atomic mass is 16.7. The Hall–Kier alpha value is -4.15. The van der Waals surface area contributed by atoms with Gasteiger partial charge in [0.1, 0.15) is 6.33 Å². The van der Waals surface area contributed by atoms with Crippen LogP contribution in [0.2, 0.25) is 0 Å². The number of benzene rings is 2. The molecule has 1 N–H and O–H groups in total. The van der Waals surface area contributed by atoms with E-state index in [4.69, 9.17) is 18.9 Å². The Morgan fingerprint density at radius 1 is 1.10 bits per heavy atom. The Morgan fingerprint density at radius 3 is 2.43 bits per heavy atom. The van der Waals surface area contributed by atoms with E-state index in [9.17, 15) is 9.59 Å². The second-order valence-electron chi connectivity index (χ2n) is 5.75. The van der Waals surface area contributed by atoms with Crippen LogP contribution in [0.5, 0.6) is 17.2 Å².